The number of carbonyl (C=O) groups excluding carboxylic acids is 1. The van der Waals surface area contributed by atoms with Crippen LogP contribution in [-0.2, 0) is 0 Å². The van der Waals surface area contributed by atoms with Gasteiger partial charge in [-0.15, -0.1) is 0 Å². The summed E-state index contributed by atoms with van der Waals surface area (Å²) < 4.78 is 29.4. The Morgan fingerprint density at radius 2 is 1.84 bits per heavy atom. The third-order valence-electron chi connectivity index (χ3n) is 3.83. The second-order valence-corrected chi connectivity index (χ2v) is 6.53. The molecule has 0 saturated carbocycles. The Morgan fingerprint density at radius 3 is 2.40 bits per heavy atom. The Hall–Kier alpha value is -2.31. The molecule has 2 rings (SSSR count). The average molecular weight is 351 g/mol. The smallest absolute Gasteiger partial charge is 0.315 e. The minimum absolute atomic E-state index is 0.0734. The largest absolute Gasteiger partial charge is 0.350 e. The normalized spacial score (nSPS) is 12.6. The Morgan fingerprint density at radius 1 is 1.16 bits per heavy atom. The molecular weight excluding hydrogens is 328 g/mol. The molecule has 0 saturated heterocycles. The molecule has 7 heteroatoms. The number of aromatic nitrogens is 2. The molecule has 0 spiro atoms. The molecule has 1 aromatic heterocycles. The summed E-state index contributed by atoms with van der Waals surface area (Å²) in [4.78, 5) is 15.9. The van der Waals surface area contributed by atoms with Crippen molar-refractivity contribution in [2.24, 2.45) is 5.92 Å². The molecule has 0 aliphatic heterocycles. The van der Waals surface area contributed by atoms with Gasteiger partial charge in [-0.2, -0.15) is 13.8 Å². The zero-order valence-corrected chi connectivity index (χ0v) is 14.6. The molecule has 25 heavy (non-hydrogen) atoms. The van der Waals surface area contributed by atoms with Gasteiger partial charge in [-0.05, 0) is 31.4 Å². The summed E-state index contributed by atoms with van der Waals surface area (Å²) in [6.45, 7) is 6.34. The molecule has 1 amide bonds. The van der Waals surface area contributed by atoms with E-state index in [1.807, 2.05) is 6.92 Å². The van der Waals surface area contributed by atoms with Gasteiger partial charge in [-0.1, -0.05) is 44.0 Å². The van der Waals surface area contributed by atoms with Gasteiger partial charge in [0, 0.05) is 17.2 Å². The highest BCUT2D eigenvalue weighted by molar-refractivity contribution is 5.94. The molecule has 0 fully saturated rings. The lowest BCUT2D eigenvalue weighted by Gasteiger charge is -2.14. The summed E-state index contributed by atoms with van der Waals surface area (Å²) >= 11 is 0. The van der Waals surface area contributed by atoms with Crippen LogP contribution in [0.3, 0.4) is 0 Å². The summed E-state index contributed by atoms with van der Waals surface area (Å²) in [6.07, 6.45) is 0.340. The van der Waals surface area contributed by atoms with Crippen LogP contribution in [0.25, 0.3) is 11.4 Å². The Bertz CT molecular complexity index is 684. The second kappa shape index (κ2) is 8.69. The predicted octanol–water partition coefficient (Wildman–Crippen LogP) is 4.62. The van der Waals surface area contributed by atoms with E-state index in [-0.39, 0.29) is 17.8 Å². The van der Waals surface area contributed by atoms with E-state index < -0.39 is 12.3 Å². The zero-order valence-electron chi connectivity index (χ0n) is 14.6. The topological polar surface area (TPSA) is 68.0 Å². The number of nitrogens with one attached hydrogen (secondary N) is 1. The van der Waals surface area contributed by atoms with Crippen LogP contribution in [0, 0.1) is 5.92 Å². The fourth-order valence-corrected chi connectivity index (χ4v) is 2.42. The number of amides is 1. The summed E-state index contributed by atoms with van der Waals surface area (Å²) in [5.41, 5.74) is 1.01. The quantitative estimate of drug-likeness (QED) is 0.753. The monoisotopic (exact) mass is 351 g/mol. The van der Waals surface area contributed by atoms with E-state index in [9.17, 15) is 13.6 Å². The highest BCUT2D eigenvalue weighted by atomic mass is 19.3. The van der Waals surface area contributed by atoms with Crippen molar-refractivity contribution in [1.29, 1.82) is 0 Å². The lowest BCUT2D eigenvalue weighted by atomic mass is 10.0. The molecule has 0 radical (unpaired) electrons. The first-order valence-electron chi connectivity index (χ1n) is 8.40. The number of halogens is 2. The van der Waals surface area contributed by atoms with Gasteiger partial charge in [-0.25, -0.2) is 0 Å². The van der Waals surface area contributed by atoms with Gasteiger partial charge in [0.1, 0.15) is 0 Å². The van der Waals surface area contributed by atoms with Crippen LogP contribution < -0.4 is 5.32 Å². The van der Waals surface area contributed by atoms with Crippen molar-refractivity contribution in [1.82, 2.24) is 15.5 Å². The highest BCUT2D eigenvalue weighted by Crippen LogP contribution is 2.21. The van der Waals surface area contributed by atoms with E-state index in [4.69, 9.17) is 0 Å². The molecule has 0 aliphatic rings. The highest BCUT2D eigenvalue weighted by Gasteiger charge is 2.17. The lowest BCUT2D eigenvalue weighted by molar-refractivity contribution is 0.0937. The first-order chi connectivity index (χ1) is 11.9. The van der Waals surface area contributed by atoms with Gasteiger partial charge in [0.05, 0.1) is 0 Å². The lowest BCUT2D eigenvalue weighted by Crippen LogP contribution is -2.32. The van der Waals surface area contributed by atoms with E-state index in [0.717, 1.165) is 19.3 Å². The fraction of sp³-hybridized carbons (Fsp3) is 0.500. The van der Waals surface area contributed by atoms with Crippen LogP contribution >= 0.6 is 0 Å². The maximum Gasteiger partial charge on any atom is 0.315 e. The molecule has 0 aliphatic carbocycles. The number of hydrogen-bond acceptors (Lipinski definition) is 4. The molecule has 2 aromatic rings. The summed E-state index contributed by atoms with van der Waals surface area (Å²) in [5, 5.41) is 6.47. The van der Waals surface area contributed by atoms with Crippen LogP contribution in [-0.4, -0.2) is 22.1 Å². The Balaban J connectivity index is 1.93. The van der Waals surface area contributed by atoms with E-state index in [0.29, 0.717) is 17.0 Å². The maximum absolute atomic E-state index is 12.5. The maximum atomic E-state index is 12.5. The van der Waals surface area contributed by atoms with Crippen molar-refractivity contribution in [3.8, 4) is 11.4 Å². The van der Waals surface area contributed by atoms with Gasteiger partial charge < -0.3 is 9.84 Å². The first kappa shape index (κ1) is 19.0. The SMILES string of the molecule is CC(C)CCC[C@@H](C)NC(=O)c1ccc(-c2noc(C(F)F)n2)cc1. The number of carbonyl (C=O) groups is 1. The minimum Gasteiger partial charge on any atom is -0.350 e. The third kappa shape index (κ3) is 5.62. The van der Waals surface area contributed by atoms with Gasteiger partial charge in [0.15, 0.2) is 0 Å². The van der Waals surface area contributed by atoms with Crippen molar-refractivity contribution < 1.29 is 18.1 Å². The summed E-state index contributed by atoms with van der Waals surface area (Å²) in [7, 11) is 0. The summed E-state index contributed by atoms with van der Waals surface area (Å²) in [5.74, 6) is -0.146. The van der Waals surface area contributed by atoms with Crippen LogP contribution in [0.15, 0.2) is 28.8 Å². The molecule has 5 nitrogen and oxygen atoms in total. The Labute approximate surface area is 145 Å². The molecule has 0 bridgehead atoms. The average Bonchev–Trinajstić information content (AvgIpc) is 3.05. The van der Waals surface area contributed by atoms with E-state index in [1.165, 1.54) is 0 Å². The van der Waals surface area contributed by atoms with E-state index in [2.05, 4.69) is 33.8 Å². The van der Waals surface area contributed by atoms with Crippen LogP contribution in [0.2, 0.25) is 0 Å². The minimum atomic E-state index is -2.80. The van der Waals surface area contributed by atoms with E-state index >= 15 is 0 Å². The Kier molecular flexibility index (Phi) is 6.61. The van der Waals surface area contributed by atoms with Gasteiger partial charge in [0.2, 0.25) is 5.82 Å². The number of nitrogens with zero attached hydrogens (tertiary/aromatic N) is 2. The number of benzene rings is 1. The van der Waals surface area contributed by atoms with Crippen molar-refractivity contribution in [3.63, 3.8) is 0 Å². The van der Waals surface area contributed by atoms with Gasteiger partial charge in [-0.3, -0.25) is 4.79 Å². The third-order valence-corrected chi connectivity index (χ3v) is 3.83. The first-order valence-corrected chi connectivity index (χ1v) is 8.40. The summed E-state index contributed by atoms with van der Waals surface area (Å²) in [6, 6.07) is 6.54. The molecule has 0 unspecified atom stereocenters. The number of alkyl halides is 2. The molecule has 1 atom stereocenters. The molecular formula is C18H23F2N3O2. The fourth-order valence-electron chi connectivity index (χ4n) is 2.42. The van der Waals surface area contributed by atoms with Gasteiger partial charge >= 0.3 is 6.43 Å². The number of hydrogen-bond donors (Lipinski definition) is 1. The predicted molar refractivity (Wildman–Crippen MR) is 90.3 cm³/mol. The molecule has 1 aromatic carbocycles. The van der Waals surface area contributed by atoms with Gasteiger partial charge in [0.25, 0.3) is 11.8 Å². The number of rotatable bonds is 8. The van der Waals surface area contributed by atoms with E-state index in [1.54, 1.807) is 24.3 Å². The van der Waals surface area contributed by atoms with Crippen molar-refractivity contribution in [2.75, 3.05) is 0 Å². The zero-order chi connectivity index (χ0) is 18.4. The molecule has 1 N–H and O–H groups in total. The van der Waals surface area contributed by atoms with Crippen molar-refractivity contribution >= 4 is 5.91 Å². The van der Waals surface area contributed by atoms with Crippen LogP contribution in [0.4, 0.5) is 8.78 Å². The molecule has 136 valence electrons. The standard InChI is InChI=1S/C18H23F2N3O2/c1-11(2)5-4-6-12(3)21-17(24)14-9-7-13(8-10-14)16-22-18(15(19)20)25-23-16/h7-12,15H,4-6H2,1-3H3,(H,21,24)/t12-/m1/s1. The van der Waals surface area contributed by atoms with Crippen molar-refractivity contribution in [2.45, 2.75) is 52.5 Å². The molecule has 1 heterocycles. The second-order valence-electron chi connectivity index (χ2n) is 6.53. The van der Waals surface area contributed by atoms with Crippen LogP contribution in [0.5, 0.6) is 0 Å². The van der Waals surface area contributed by atoms with Crippen molar-refractivity contribution in [3.05, 3.63) is 35.7 Å². The van der Waals surface area contributed by atoms with Crippen LogP contribution in [0.1, 0.15) is 62.7 Å².